The van der Waals surface area contributed by atoms with Gasteiger partial charge in [-0.05, 0) is 55.0 Å². The first kappa shape index (κ1) is 21.8. The third kappa shape index (κ3) is 4.80. The van der Waals surface area contributed by atoms with Crippen LogP contribution in [0.4, 0.5) is 10.1 Å². The van der Waals surface area contributed by atoms with Gasteiger partial charge in [0.15, 0.2) is 0 Å². The molecule has 0 unspecified atom stereocenters. The van der Waals surface area contributed by atoms with Crippen molar-refractivity contribution in [3.63, 3.8) is 0 Å². The van der Waals surface area contributed by atoms with Crippen LogP contribution in [-0.4, -0.2) is 26.3 Å². The van der Waals surface area contributed by atoms with Crippen molar-refractivity contribution in [2.75, 3.05) is 11.8 Å². The van der Waals surface area contributed by atoms with Crippen molar-refractivity contribution >= 4 is 33.2 Å². The number of rotatable bonds is 6. The zero-order valence-electron chi connectivity index (χ0n) is 16.4. The number of hydrogen-bond donors (Lipinski definition) is 1. The van der Waals surface area contributed by atoms with Crippen LogP contribution in [0.2, 0.25) is 5.02 Å². The second-order valence-corrected chi connectivity index (χ2v) is 8.90. The van der Waals surface area contributed by atoms with E-state index in [4.69, 9.17) is 11.6 Å². The monoisotopic (exact) mass is 446 g/mol. The van der Waals surface area contributed by atoms with Crippen molar-refractivity contribution in [3.8, 4) is 0 Å². The van der Waals surface area contributed by atoms with E-state index in [0.717, 1.165) is 5.56 Å². The quantitative estimate of drug-likeness (QED) is 0.588. The average Bonchev–Trinajstić information content (AvgIpc) is 2.72. The Labute approximate surface area is 180 Å². The number of benzene rings is 3. The lowest BCUT2D eigenvalue weighted by molar-refractivity contribution is 0.0784. The summed E-state index contributed by atoms with van der Waals surface area (Å²) in [5, 5.41) is 0.235. The van der Waals surface area contributed by atoms with Gasteiger partial charge >= 0.3 is 0 Å². The first-order valence-electron chi connectivity index (χ1n) is 9.06. The van der Waals surface area contributed by atoms with Gasteiger partial charge in [-0.15, -0.1) is 0 Å². The van der Waals surface area contributed by atoms with E-state index in [0.29, 0.717) is 5.69 Å². The predicted octanol–water partition coefficient (Wildman–Crippen LogP) is 4.86. The minimum Gasteiger partial charge on any atom is -0.337 e. The summed E-state index contributed by atoms with van der Waals surface area (Å²) in [6, 6.07) is 16.9. The summed E-state index contributed by atoms with van der Waals surface area (Å²) in [5.41, 5.74) is 1.77. The Balaban J connectivity index is 1.76. The number of nitrogens with zero attached hydrogens (tertiary/aromatic N) is 1. The fourth-order valence-corrected chi connectivity index (χ4v) is 4.23. The van der Waals surface area contributed by atoms with E-state index in [9.17, 15) is 17.6 Å². The lowest BCUT2D eigenvalue weighted by Crippen LogP contribution is -2.27. The van der Waals surface area contributed by atoms with Crippen LogP contribution in [0, 0.1) is 12.7 Å². The lowest BCUT2D eigenvalue weighted by atomic mass is 10.1. The van der Waals surface area contributed by atoms with Gasteiger partial charge in [-0.1, -0.05) is 35.9 Å². The van der Waals surface area contributed by atoms with Gasteiger partial charge in [0, 0.05) is 29.7 Å². The topological polar surface area (TPSA) is 66.5 Å². The molecule has 30 heavy (non-hydrogen) atoms. The molecule has 1 amide bonds. The van der Waals surface area contributed by atoms with Crippen molar-refractivity contribution in [2.45, 2.75) is 18.4 Å². The van der Waals surface area contributed by atoms with Gasteiger partial charge in [0.2, 0.25) is 0 Å². The number of carbonyl (C=O) groups is 1. The second kappa shape index (κ2) is 8.85. The molecule has 3 aromatic carbocycles. The average molecular weight is 447 g/mol. The van der Waals surface area contributed by atoms with Gasteiger partial charge in [0.25, 0.3) is 15.9 Å². The fraction of sp³-hybridized carbons (Fsp3) is 0.136. The summed E-state index contributed by atoms with van der Waals surface area (Å²) >= 11 is 6.02. The van der Waals surface area contributed by atoms with Crippen molar-refractivity contribution in [3.05, 3.63) is 94.3 Å². The van der Waals surface area contributed by atoms with Crippen LogP contribution in [0.1, 0.15) is 21.5 Å². The zero-order valence-corrected chi connectivity index (χ0v) is 18.0. The predicted molar refractivity (Wildman–Crippen MR) is 116 cm³/mol. The summed E-state index contributed by atoms with van der Waals surface area (Å²) in [4.78, 5) is 14.0. The van der Waals surface area contributed by atoms with Crippen molar-refractivity contribution in [1.29, 1.82) is 0 Å². The highest BCUT2D eigenvalue weighted by Crippen LogP contribution is 2.22. The van der Waals surface area contributed by atoms with Crippen LogP contribution in [0.25, 0.3) is 0 Å². The van der Waals surface area contributed by atoms with Crippen LogP contribution in [0.15, 0.2) is 71.6 Å². The molecule has 0 fully saturated rings. The standard InChI is InChI=1S/C22H20ClFN2O3S/c1-15-6-3-4-9-21(15)25-30(28,29)17-12-10-16(11-13-17)22(27)26(2)14-18-19(23)7-5-8-20(18)24/h3-13,25H,14H2,1-2H3. The molecule has 0 aliphatic rings. The Morgan fingerprint density at radius 2 is 1.70 bits per heavy atom. The molecule has 0 aliphatic heterocycles. The molecule has 1 N–H and O–H groups in total. The number of nitrogens with one attached hydrogen (secondary N) is 1. The molecule has 0 bridgehead atoms. The van der Waals surface area contributed by atoms with Gasteiger partial charge in [-0.3, -0.25) is 9.52 Å². The summed E-state index contributed by atoms with van der Waals surface area (Å²) in [5.74, 6) is -0.879. The Kier molecular flexibility index (Phi) is 6.43. The molecule has 0 aromatic heterocycles. The maximum atomic E-state index is 14.0. The molecular formula is C22H20ClFN2O3S. The number of para-hydroxylation sites is 1. The number of amides is 1. The number of sulfonamides is 1. The van der Waals surface area contributed by atoms with Gasteiger partial charge < -0.3 is 4.90 Å². The summed E-state index contributed by atoms with van der Waals surface area (Å²) in [6.45, 7) is 1.79. The Bertz CT molecular complexity index is 1160. The van der Waals surface area contributed by atoms with Crippen molar-refractivity contribution in [2.24, 2.45) is 0 Å². The van der Waals surface area contributed by atoms with Crippen LogP contribution in [0.5, 0.6) is 0 Å². The second-order valence-electron chi connectivity index (χ2n) is 6.81. The molecule has 0 radical (unpaired) electrons. The summed E-state index contributed by atoms with van der Waals surface area (Å²) < 4.78 is 41.8. The van der Waals surface area contributed by atoms with Crippen LogP contribution in [-0.2, 0) is 16.6 Å². The first-order chi connectivity index (χ1) is 14.2. The summed E-state index contributed by atoms with van der Waals surface area (Å²) in [6.07, 6.45) is 0. The van der Waals surface area contributed by atoms with E-state index in [1.807, 2.05) is 6.07 Å². The third-order valence-electron chi connectivity index (χ3n) is 4.60. The number of anilines is 1. The smallest absolute Gasteiger partial charge is 0.261 e. The highest BCUT2D eigenvalue weighted by Gasteiger charge is 2.19. The lowest BCUT2D eigenvalue weighted by Gasteiger charge is -2.19. The molecule has 3 aromatic rings. The highest BCUT2D eigenvalue weighted by molar-refractivity contribution is 7.92. The fourth-order valence-electron chi connectivity index (χ4n) is 2.88. The number of hydrogen-bond acceptors (Lipinski definition) is 3. The molecule has 0 saturated heterocycles. The molecule has 3 rings (SSSR count). The molecule has 0 saturated carbocycles. The maximum absolute atomic E-state index is 14.0. The first-order valence-corrected chi connectivity index (χ1v) is 10.9. The van der Waals surface area contributed by atoms with Crippen LogP contribution in [0.3, 0.4) is 0 Å². The van der Waals surface area contributed by atoms with Gasteiger partial charge in [0.1, 0.15) is 5.82 Å². The van der Waals surface area contributed by atoms with E-state index in [1.54, 1.807) is 31.2 Å². The molecule has 156 valence electrons. The maximum Gasteiger partial charge on any atom is 0.261 e. The number of halogens is 2. The molecule has 0 atom stereocenters. The molecular weight excluding hydrogens is 427 g/mol. The SMILES string of the molecule is Cc1ccccc1NS(=O)(=O)c1ccc(C(=O)N(C)Cc2c(F)cccc2Cl)cc1. The highest BCUT2D eigenvalue weighted by atomic mass is 35.5. The largest absolute Gasteiger partial charge is 0.337 e. The Morgan fingerprint density at radius 3 is 2.33 bits per heavy atom. The van der Waals surface area contributed by atoms with Gasteiger partial charge in [-0.2, -0.15) is 0 Å². The summed E-state index contributed by atoms with van der Waals surface area (Å²) in [7, 11) is -2.28. The number of aryl methyl sites for hydroxylation is 1. The molecule has 5 nitrogen and oxygen atoms in total. The van der Waals surface area contributed by atoms with Crippen LogP contribution < -0.4 is 4.72 Å². The Hall–Kier alpha value is -2.90. The van der Waals surface area contributed by atoms with E-state index in [-0.39, 0.29) is 33.5 Å². The van der Waals surface area contributed by atoms with E-state index in [2.05, 4.69) is 4.72 Å². The minimum atomic E-state index is -3.80. The van der Waals surface area contributed by atoms with Crippen molar-refractivity contribution in [1.82, 2.24) is 4.90 Å². The Morgan fingerprint density at radius 1 is 1.03 bits per heavy atom. The molecule has 0 spiro atoms. The van der Waals surface area contributed by atoms with Crippen LogP contribution >= 0.6 is 11.6 Å². The molecule has 8 heteroatoms. The van der Waals surface area contributed by atoms with E-state index >= 15 is 0 Å². The van der Waals surface area contributed by atoms with Crippen molar-refractivity contribution < 1.29 is 17.6 Å². The molecule has 0 heterocycles. The normalized spacial score (nSPS) is 11.2. The van der Waals surface area contributed by atoms with Gasteiger partial charge in [0.05, 0.1) is 10.6 Å². The van der Waals surface area contributed by atoms with Gasteiger partial charge in [-0.25, -0.2) is 12.8 Å². The third-order valence-corrected chi connectivity index (χ3v) is 6.34. The van der Waals surface area contributed by atoms with E-state index in [1.165, 1.54) is 48.3 Å². The number of carbonyl (C=O) groups excluding carboxylic acids is 1. The molecule has 0 aliphatic carbocycles. The zero-order chi connectivity index (χ0) is 21.9. The minimum absolute atomic E-state index is 0.0147. The van der Waals surface area contributed by atoms with E-state index < -0.39 is 15.8 Å².